The minimum atomic E-state index is -1.82. The van der Waals surface area contributed by atoms with E-state index in [4.69, 9.17) is 34.0 Å². The van der Waals surface area contributed by atoms with E-state index in [0.717, 1.165) is 32.8 Å². The van der Waals surface area contributed by atoms with Crippen molar-refractivity contribution in [2.45, 2.75) is 0 Å². The molecular weight excluding hydrogens is 358 g/mol. The van der Waals surface area contributed by atoms with Crippen molar-refractivity contribution >= 4 is 17.9 Å². The molecule has 0 amide bonds. The molecular formula is C18H23NO8. The molecule has 1 aromatic rings. The lowest BCUT2D eigenvalue weighted by Gasteiger charge is -2.26. The van der Waals surface area contributed by atoms with Gasteiger partial charge in [0.05, 0.1) is 18.8 Å². The summed E-state index contributed by atoms with van der Waals surface area (Å²) < 4.78 is 15.9. The predicted octanol–water partition coefficient (Wildman–Crippen LogP) is 0.896. The van der Waals surface area contributed by atoms with Crippen LogP contribution < -0.4 is 4.74 Å². The molecule has 9 nitrogen and oxygen atoms in total. The quantitative estimate of drug-likeness (QED) is 0.403. The van der Waals surface area contributed by atoms with E-state index in [-0.39, 0.29) is 5.97 Å². The number of carboxylic acids is 2. The molecule has 1 aliphatic rings. The lowest BCUT2D eigenvalue weighted by molar-refractivity contribution is -0.159. The zero-order valence-corrected chi connectivity index (χ0v) is 14.8. The summed E-state index contributed by atoms with van der Waals surface area (Å²) >= 11 is 0. The van der Waals surface area contributed by atoms with Crippen molar-refractivity contribution in [3.05, 3.63) is 42.5 Å². The first-order valence-corrected chi connectivity index (χ1v) is 8.21. The number of ether oxygens (including phenoxy) is 3. The standard InChI is InChI=1S/C16H21NO4.C2H2O4/c1-2-10-20-15-5-3-14(4-6-15)16(18)21-13-9-17-7-11-19-12-8-17;3-1(4)2(5)6/h2-6H,1,7-13H2;(H,3,4)(H,5,6). The SMILES string of the molecule is C=CCOc1ccc(C(=O)OCCN2CCOCC2)cc1.O=C(O)C(=O)O. The Hall–Kier alpha value is -2.91. The monoisotopic (exact) mass is 381 g/mol. The fourth-order valence-corrected chi connectivity index (χ4v) is 2.02. The molecule has 2 rings (SSSR count). The van der Waals surface area contributed by atoms with Crippen LogP contribution in [0, 0.1) is 0 Å². The van der Waals surface area contributed by atoms with E-state index in [0.29, 0.717) is 24.5 Å². The van der Waals surface area contributed by atoms with Crippen molar-refractivity contribution in [2.24, 2.45) is 0 Å². The average Bonchev–Trinajstić information content (AvgIpc) is 2.68. The molecule has 1 aromatic carbocycles. The Balaban J connectivity index is 0.000000527. The molecule has 0 saturated carbocycles. The topological polar surface area (TPSA) is 123 Å². The van der Waals surface area contributed by atoms with Gasteiger partial charge < -0.3 is 24.4 Å². The van der Waals surface area contributed by atoms with Gasteiger partial charge in [0, 0.05) is 19.6 Å². The number of hydrogen-bond donors (Lipinski definition) is 2. The van der Waals surface area contributed by atoms with Crippen molar-refractivity contribution in [1.82, 2.24) is 4.90 Å². The number of rotatable bonds is 7. The van der Waals surface area contributed by atoms with Crippen molar-refractivity contribution in [3.8, 4) is 5.75 Å². The van der Waals surface area contributed by atoms with Crippen LogP contribution in [0.1, 0.15) is 10.4 Å². The number of morpholine rings is 1. The predicted molar refractivity (Wildman–Crippen MR) is 94.9 cm³/mol. The van der Waals surface area contributed by atoms with Gasteiger partial charge in [-0.1, -0.05) is 12.7 Å². The zero-order chi connectivity index (χ0) is 20.1. The van der Waals surface area contributed by atoms with Crippen LogP contribution >= 0.6 is 0 Å². The molecule has 1 fully saturated rings. The number of carbonyl (C=O) groups excluding carboxylic acids is 1. The van der Waals surface area contributed by atoms with Crippen molar-refractivity contribution in [3.63, 3.8) is 0 Å². The molecule has 0 spiro atoms. The summed E-state index contributed by atoms with van der Waals surface area (Å²) in [6.07, 6.45) is 1.67. The fraction of sp³-hybridized carbons (Fsp3) is 0.389. The second kappa shape index (κ2) is 12.4. The summed E-state index contributed by atoms with van der Waals surface area (Å²) in [5.41, 5.74) is 0.530. The van der Waals surface area contributed by atoms with Gasteiger partial charge in [-0.2, -0.15) is 0 Å². The van der Waals surface area contributed by atoms with Gasteiger partial charge in [-0.3, -0.25) is 4.90 Å². The van der Waals surface area contributed by atoms with Gasteiger partial charge >= 0.3 is 17.9 Å². The van der Waals surface area contributed by atoms with Crippen LogP contribution in [-0.2, 0) is 19.1 Å². The third kappa shape index (κ3) is 9.38. The minimum absolute atomic E-state index is 0.307. The van der Waals surface area contributed by atoms with E-state index in [1.807, 2.05) is 0 Å². The Morgan fingerprint density at radius 2 is 1.70 bits per heavy atom. The van der Waals surface area contributed by atoms with Gasteiger partial charge in [-0.15, -0.1) is 0 Å². The highest BCUT2D eigenvalue weighted by molar-refractivity contribution is 6.27. The lowest BCUT2D eigenvalue weighted by Crippen LogP contribution is -2.38. The number of carbonyl (C=O) groups is 3. The third-order valence-corrected chi connectivity index (χ3v) is 3.39. The largest absolute Gasteiger partial charge is 0.490 e. The van der Waals surface area contributed by atoms with Crippen molar-refractivity contribution in [1.29, 1.82) is 0 Å². The Kier molecular flexibility index (Phi) is 10.2. The maximum absolute atomic E-state index is 11.9. The smallest absolute Gasteiger partial charge is 0.414 e. The van der Waals surface area contributed by atoms with E-state index in [1.165, 1.54) is 0 Å². The van der Waals surface area contributed by atoms with Gasteiger partial charge in [0.25, 0.3) is 0 Å². The third-order valence-electron chi connectivity index (χ3n) is 3.39. The lowest BCUT2D eigenvalue weighted by atomic mass is 10.2. The maximum Gasteiger partial charge on any atom is 0.414 e. The molecule has 0 aromatic heterocycles. The molecule has 27 heavy (non-hydrogen) atoms. The van der Waals surface area contributed by atoms with E-state index < -0.39 is 11.9 Å². The summed E-state index contributed by atoms with van der Waals surface area (Å²) in [5, 5.41) is 14.8. The molecule has 9 heteroatoms. The molecule has 1 heterocycles. The first-order chi connectivity index (χ1) is 12.9. The minimum Gasteiger partial charge on any atom is -0.490 e. The number of esters is 1. The second-order valence-corrected chi connectivity index (χ2v) is 5.32. The molecule has 148 valence electrons. The van der Waals surface area contributed by atoms with E-state index >= 15 is 0 Å². The zero-order valence-electron chi connectivity index (χ0n) is 14.8. The van der Waals surface area contributed by atoms with Gasteiger partial charge in [-0.25, -0.2) is 14.4 Å². The molecule has 0 aliphatic carbocycles. The van der Waals surface area contributed by atoms with Gasteiger partial charge in [0.1, 0.15) is 19.0 Å². The number of nitrogens with zero attached hydrogens (tertiary/aromatic N) is 1. The van der Waals surface area contributed by atoms with Crippen molar-refractivity contribution in [2.75, 3.05) is 46.1 Å². The van der Waals surface area contributed by atoms with Crippen LogP contribution in [-0.4, -0.2) is 79.1 Å². The highest BCUT2D eigenvalue weighted by atomic mass is 16.5. The first kappa shape index (κ1) is 22.1. The molecule has 1 saturated heterocycles. The Bertz CT molecular complexity index is 611. The fourth-order valence-electron chi connectivity index (χ4n) is 2.02. The summed E-state index contributed by atoms with van der Waals surface area (Å²) in [6, 6.07) is 6.91. The Morgan fingerprint density at radius 3 is 2.22 bits per heavy atom. The molecule has 0 radical (unpaired) electrons. The van der Waals surface area contributed by atoms with E-state index in [2.05, 4.69) is 11.5 Å². The number of benzene rings is 1. The van der Waals surface area contributed by atoms with Crippen LogP contribution in [0.3, 0.4) is 0 Å². The van der Waals surface area contributed by atoms with Crippen molar-refractivity contribution < 1.29 is 38.8 Å². The van der Waals surface area contributed by atoms with Crippen LogP contribution in [0.25, 0.3) is 0 Å². The van der Waals surface area contributed by atoms with Crippen LogP contribution in [0.2, 0.25) is 0 Å². The van der Waals surface area contributed by atoms with E-state index in [1.54, 1.807) is 30.3 Å². The van der Waals surface area contributed by atoms with Crippen LogP contribution in [0.15, 0.2) is 36.9 Å². The number of carboxylic acid groups (broad SMARTS) is 2. The van der Waals surface area contributed by atoms with Gasteiger partial charge in [0.2, 0.25) is 0 Å². The highest BCUT2D eigenvalue weighted by Gasteiger charge is 2.12. The first-order valence-electron chi connectivity index (χ1n) is 8.21. The number of aliphatic carboxylic acids is 2. The molecule has 0 atom stereocenters. The molecule has 0 bridgehead atoms. The molecule has 1 aliphatic heterocycles. The number of hydrogen-bond acceptors (Lipinski definition) is 7. The van der Waals surface area contributed by atoms with E-state index in [9.17, 15) is 4.79 Å². The molecule has 2 N–H and O–H groups in total. The van der Waals surface area contributed by atoms with Gasteiger partial charge in [-0.05, 0) is 24.3 Å². The summed E-state index contributed by atoms with van der Waals surface area (Å²) in [5.74, 6) is -3.25. The second-order valence-electron chi connectivity index (χ2n) is 5.32. The van der Waals surface area contributed by atoms with Gasteiger partial charge in [0.15, 0.2) is 0 Å². The Labute approximate surface area is 156 Å². The summed E-state index contributed by atoms with van der Waals surface area (Å²) in [6.45, 7) is 8.46. The van der Waals surface area contributed by atoms with Crippen LogP contribution in [0.5, 0.6) is 5.75 Å². The average molecular weight is 381 g/mol. The molecule has 0 unspecified atom stereocenters. The van der Waals surface area contributed by atoms with Crippen LogP contribution in [0.4, 0.5) is 0 Å². The highest BCUT2D eigenvalue weighted by Crippen LogP contribution is 2.13. The Morgan fingerprint density at radius 1 is 1.11 bits per heavy atom. The summed E-state index contributed by atoms with van der Waals surface area (Å²) in [4.78, 5) is 32.3. The summed E-state index contributed by atoms with van der Waals surface area (Å²) in [7, 11) is 0. The maximum atomic E-state index is 11.9. The normalized spacial score (nSPS) is 13.6.